The van der Waals surface area contributed by atoms with E-state index < -0.39 is 0 Å². The van der Waals surface area contributed by atoms with Gasteiger partial charge < -0.3 is 20.1 Å². The molecule has 0 aromatic heterocycles. The monoisotopic (exact) mass is 538 g/mol. The van der Waals surface area contributed by atoms with Gasteiger partial charge in [-0.25, -0.2) is 0 Å². The zero-order valence-corrected chi connectivity index (χ0v) is 24.1. The van der Waals surface area contributed by atoms with Crippen LogP contribution in [0.2, 0.25) is 0 Å². The molecule has 0 unspecified atom stereocenters. The first kappa shape index (κ1) is 28.7. The summed E-state index contributed by atoms with van der Waals surface area (Å²) < 4.78 is 11.8. The quantitative estimate of drug-likeness (QED) is 0.244. The average molecular weight is 539 g/mol. The smallest absolute Gasteiger partial charge is 0.262 e. The van der Waals surface area contributed by atoms with Crippen molar-refractivity contribution in [1.82, 2.24) is 0 Å². The minimum Gasteiger partial charge on any atom is -0.483 e. The van der Waals surface area contributed by atoms with Gasteiger partial charge in [0.1, 0.15) is 11.5 Å². The van der Waals surface area contributed by atoms with E-state index in [1.54, 1.807) is 0 Å². The van der Waals surface area contributed by atoms with Crippen molar-refractivity contribution in [2.45, 2.75) is 52.4 Å². The Morgan fingerprint density at radius 1 is 0.550 bits per heavy atom. The first-order valence-corrected chi connectivity index (χ1v) is 13.5. The summed E-state index contributed by atoms with van der Waals surface area (Å²) in [6, 6.07) is 26.7. The molecule has 208 valence electrons. The molecule has 4 aromatic carbocycles. The molecule has 0 bridgehead atoms. The third-order valence-corrected chi connectivity index (χ3v) is 6.58. The van der Waals surface area contributed by atoms with E-state index in [0.717, 1.165) is 21.9 Å². The maximum atomic E-state index is 12.8. The maximum Gasteiger partial charge on any atom is 0.262 e. The summed E-state index contributed by atoms with van der Waals surface area (Å²) in [6.07, 6.45) is 0. The fourth-order valence-electron chi connectivity index (χ4n) is 4.61. The highest BCUT2D eigenvalue weighted by atomic mass is 16.5. The number of anilines is 2. The molecular weight excluding hydrogens is 500 g/mol. The van der Waals surface area contributed by atoms with Gasteiger partial charge in [0.15, 0.2) is 13.2 Å². The van der Waals surface area contributed by atoms with E-state index in [1.165, 1.54) is 0 Å². The molecule has 0 heterocycles. The highest BCUT2D eigenvalue weighted by molar-refractivity contribution is 6.09. The first-order valence-electron chi connectivity index (χ1n) is 13.5. The van der Waals surface area contributed by atoms with E-state index in [-0.39, 0.29) is 35.9 Å². The summed E-state index contributed by atoms with van der Waals surface area (Å²) in [5, 5.41) is 7.54. The van der Waals surface area contributed by atoms with Crippen LogP contribution in [-0.2, 0) is 20.4 Å². The summed E-state index contributed by atoms with van der Waals surface area (Å²) in [5.74, 6) is 0.856. The molecule has 6 heteroatoms. The minimum atomic E-state index is -0.267. The van der Waals surface area contributed by atoms with Crippen molar-refractivity contribution in [3.8, 4) is 11.5 Å². The number of para-hydroxylation sites is 2. The Balaban J connectivity index is 1.44. The van der Waals surface area contributed by atoms with Crippen LogP contribution in [0.25, 0.3) is 10.8 Å². The summed E-state index contributed by atoms with van der Waals surface area (Å²) in [6.45, 7) is 12.4. The Morgan fingerprint density at radius 2 is 0.925 bits per heavy atom. The molecule has 4 rings (SSSR count). The largest absolute Gasteiger partial charge is 0.483 e. The van der Waals surface area contributed by atoms with E-state index in [9.17, 15) is 9.59 Å². The molecule has 0 aliphatic rings. The van der Waals surface area contributed by atoms with Gasteiger partial charge in [0, 0.05) is 22.1 Å². The SMILES string of the molecule is CC(C)(C)c1ccccc1OCC(=O)Nc1cccc2c(NC(=O)COc3ccccc3C(C)(C)C)cccc12. The van der Waals surface area contributed by atoms with E-state index in [0.29, 0.717) is 22.9 Å². The number of rotatable bonds is 8. The third kappa shape index (κ3) is 7.00. The number of carbonyl (C=O) groups is 2. The fourth-order valence-corrected chi connectivity index (χ4v) is 4.61. The highest BCUT2D eigenvalue weighted by Gasteiger charge is 2.20. The molecule has 2 amide bonds. The van der Waals surface area contributed by atoms with Gasteiger partial charge in [0.2, 0.25) is 0 Å². The lowest BCUT2D eigenvalue weighted by molar-refractivity contribution is -0.118. The van der Waals surface area contributed by atoms with Crippen LogP contribution in [0.4, 0.5) is 11.4 Å². The van der Waals surface area contributed by atoms with Gasteiger partial charge in [0.25, 0.3) is 11.8 Å². The van der Waals surface area contributed by atoms with Crippen molar-refractivity contribution >= 4 is 34.0 Å². The second kappa shape index (κ2) is 11.8. The van der Waals surface area contributed by atoms with Crippen molar-refractivity contribution in [2.75, 3.05) is 23.8 Å². The van der Waals surface area contributed by atoms with Crippen LogP contribution in [0.3, 0.4) is 0 Å². The predicted octanol–water partition coefficient (Wildman–Crippen LogP) is 7.47. The fraction of sp³-hybridized carbons (Fsp3) is 0.294. The third-order valence-electron chi connectivity index (χ3n) is 6.58. The van der Waals surface area contributed by atoms with Gasteiger partial charge >= 0.3 is 0 Å². The van der Waals surface area contributed by atoms with Crippen molar-refractivity contribution < 1.29 is 19.1 Å². The van der Waals surface area contributed by atoms with E-state index >= 15 is 0 Å². The topological polar surface area (TPSA) is 76.7 Å². The van der Waals surface area contributed by atoms with Crippen LogP contribution >= 0.6 is 0 Å². The lowest BCUT2D eigenvalue weighted by Gasteiger charge is -2.22. The summed E-state index contributed by atoms with van der Waals surface area (Å²) in [5.41, 5.74) is 3.15. The van der Waals surface area contributed by atoms with Gasteiger partial charge in [0.05, 0.1) is 0 Å². The van der Waals surface area contributed by atoms with Crippen LogP contribution in [0.5, 0.6) is 11.5 Å². The number of hydrogen-bond donors (Lipinski definition) is 2. The molecule has 0 atom stereocenters. The Hall–Kier alpha value is -4.32. The molecule has 0 saturated heterocycles. The molecule has 6 nitrogen and oxygen atoms in total. The normalized spacial score (nSPS) is 11.7. The number of fused-ring (bicyclic) bond motifs is 1. The number of benzene rings is 4. The van der Waals surface area contributed by atoms with Crippen LogP contribution < -0.4 is 20.1 Å². The molecule has 40 heavy (non-hydrogen) atoms. The lowest BCUT2D eigenvalue weighted by Crippen LogP contribution is -2.22. The number of ether oxygens (including phenoxy) is 2. The van der Waals surface area contributed by atoms with E-state index in [2.05, 4.69) is 52.2 Å². The van der Waals surface area contributed by atoms with Gasteiger partial charge in [-0.05, 0) is 46.2 Å². The van der Waals surface area contributed by atoms with Crippen molar-refractivity contribution in [2.24, 2.45) is 0 Å². The molecule has 0 aliphatic carbocycles. The van der Waals surface area contributed by atoms with Gasteiger partial charge in [-0.2, -0.15) is 0 Å². The van der Waals surface area contributed by atoms with Crippen molar-refractivity contribution in [3.05, 3.63) is 96.1 Å². The zero-order valence-electron chi connectivity index (χ0n) is 24.1. The highest BCUT2D eigenvalue weighted by Crippen LogP contribution is 2.33. The van der Waals surface area contributed by atoms with Crippen LogP contribution in [-0.4, -0.2) is 25.0 Å². The predicted molar refractivity (Wildman–Crippen MR) is 162 cm³/mol. The second-order valence-electron chi connectivity index (χ2n) is 11.9. The molecule has 0 radical (unpaired) electrons. The van der Waals surface area contributed by atoms with E-state index in [1.807, 2.05) is 84.9 Å². The standard InChI is InChI=1S/C34H38N2O4/c1-33(2,3)25-15-7-9-19-29(25)39-21-31(37)35-27-17-11-14-24-23(27)13-12-18-28(24)36-32(38)22-40-30-20-10-8-16-26(30)34(4,5)6/h7-20H,21-22H2,1-6H3,(H,35,37)(H,36,38). The Labute approximate surface area is 236 Å². The summed E-state index contributed by atoms with van der Waals surface area (Å²) >= 11 is 0. The number of carbonyl (C=O) groups excluding carboxylic acids is 2. The van der Waals surface area contributed by atoms with Crippen molar-refractivity contribution in [1.29, 1.82) is 0 Å². The molecular formula is C34H38N2O4. The Kier molecular flexibility index (Phi) is 8.48. The van der Waals surface area contributed by atoms with Gasteiger partial charge in [-0.3, -0.25) is 9.59 Å². The summed E-state index contributed by atoms with van der Waals surface area (Å²) in [7, 11) is 0. The number of hydrogen-bond acceptors (Lipinski definition) is 4. The number of nitrogens with one attached hydrogen (secondary N) is 2. The summed E-state index contributed by atoms with van der Waals surface area (Å²) in [4.78, 5) is 25.7. The molecule has 0 fully saturated rings. The second-order valence-corrected chi connectivity index (χ2v) is 11.9. The molecule has 2 N–H and O–H groups in total. The van der Waals surface area contributed by atoms with Crippen LogP contribution in [0.15, 0.2) is 84.9 Å². The van der Waals surface area contributed by atoms with Crippen LogP contribution in [0, 0.1) is 0 Å². The Bertz CT molecular complexity index is 1400. The zero-order chi connectivity index (χ0) is 28.9. The first-order chi connectivity index (χ1) is 18.9. The maximum absolute atomic E-state index is 12.8. The van der Waals surface area contributed by atoms with Gasteiger partial charge in [-0.1, -0.05) is 102 Å². The lowest BCUT2D eigenvalue weighted by atomic mass is 9.86. The average Bonchev–Trinajstić information content (AvgIpc) is 2.90. The van der Waals surface area contributed by atoms with E-state index in [4.69, 9.17) is 9.47 Å². The van der Waals surface area contributed by atoms with Crippen molar-refractivity contribution in [3.63, 3.8) is 0 Å². The molecule has 0 spiro atoms. The molecule has 0 saturated carbocycles. The van der Waals surface area contributed by atoms with Gasteiger partial charge in [-0.15, -0.1) is 0 Å². The number of amides is 2. The molecule has 4 aromatic rings. The Morgan fingerprint density at radius 3 is 1.30 bits per heavy atom. The van der Waals surface area contributed by atoms with Crippen LogP contribution in [0.1, 0.15) is 52.7 Å². The minimum absolute atomic E-state index is 0.107. The molecule has 0 aliphatic heterocycles.